The predicted octanol–water partition coefficient (Wildman–Crippen LogP) is 4.25. The molecule has 0 radical (unpaired) electrons. The zero-order chi connectivity index (χ0) is 21.0. The van der Waals surface area contributed by atoms with E-state index in [0.29, 0.717) is 6.61 Å². The van der Waals surface area contributed by atoms with Gasteiger partial charge in [-0.3, -0.25) is 9.58 Å². The van der Waals surface area contributed by atoms with E-state index in [1.54, 1.807) is 0 Å². The highest BCUT2D eigenvalue weighted by atomic mass is 16.5. The zero-order valence-electron chi connectivity index (χ0n) is 18.3. The molecule has 31 heavy (non-hydrogen) atoms. The minimum Gasteiger partial charge on any atom is -0.491 e. The molecule has 1 aromatic heterocycles. The van der Waals surface area contributed by atoms with Crippen LogP contribution in [0.4, 0.5) is 0 Å². The summed E-state index contributed by atoms with van der Waals surface area (Å²) < 4.78 is 13.7. The molecule has 0 amide bonds. The van der Waals surface area contributed by atoms with Crippen molar-refractivity contribution in [2.75, 3.05) is 26.3 Å². The first kappa shape index (κ1) is 20.3. The summed E-state index contributed by atoms with van der Waals surface area (Å²) in [6, 6.07) is 19.2. The van der Waals surface area contributed by atoms with Crippen LogP contribution in [0.5, 0.6) is 5.75 Å². The smallest absolute Gasteiger partial charge is 0.119 e. The summed E-state index contributed by atoms with van der Waals surface area (Å²) >= 11 is 0. The third-order valence-electron chi connectivity index (χ3n) is 6.38. The summed E-state index contributed by atoms with van der Waals surface area (Å²) in [5.74, 6) is 0.944. The molecule has 0 saturated carbocycles. The first-order valence-corrected chi connectivity index (χ1v) is 11.4. The van der Waals surface area contributed by atoms with Gasteiger partial charge in [0.05, 0.1) is 17.5 Å². The van der Waals surface area contributed by atoms with E-state index in [1.807, 2.05) is 6.07 Å². The highest BCUT2D eigenvalue weighted by molar-refractivity contribution is 5.65. The molecule has 0 bridgehead atoms. The van der Waals surface area contributed by atoms with E-state index in [9.17, 15) is 0 Å². The Balaban J connectivity index is 1.24. The van der Waals surface area contributed by atoms with Crippen LogP contribution in [-0.4, -0.2) is 47.1 Å². The average Bonchev–Trinajstić information content (AvgIpc) is 3.38. The lowest BCUT2D eigenvalue weighted by atomic mass is 10.0. The van der Waals surface area contributed by atoms with Crippen LogP contribution in [0.1, 0.15) is 29.7 Å². The highest BCUT2D eigenvalue weighted by Gasteiger charge is 2.22. The molecule has 1 atom stereocenters. The van der Waals surface area contributed by atoms with E-state index in [0.717, 1.165) is 57.7 Å². The Bertz CT molecular complexity index is 1010. The van der Waals surface area contributed by atoms with E-state index in [1.165, 1.54) is 28.1 Å². The molecule has 0 spiro atoms. The normalized spacial score (nSPS) is 19.2. The maximum Gasteiger partial charge on any atom is 0.119 e. The molecule has 5 heteroatoms. The highest BCUT2D eigenvalue weighted by Crippen LogP contribution is 2.29. The molecule has 2 aliphatic rings. The number of aromatic nitrogens is 2. The van der Waals surface area contributed by atoms with Gasteiger partial charge in [-0.1, -0.05) is 42.5 Å². The third-order valence-corrected chi connectivity index (χ3v) is 6.38. The fourth-order valence-electron chi connectivity index (χ4n) is 4.80. The van der Waals surface area contributed by atoms with Gasteiger partial charge in [0.15, 0.2) is 0 Å². The monoisotopic (exact) mass is 417 g/mol. The molecule has 1 fully saturated rings. The summed E-state index contributed by atoms with van der Waals surface area (Å²) in [5, 5.41) is 4.86. The van der Waals surface area contributed by atoms with Crippen molar-refractivity contribution in [3.63, 3.8) is 0 Å². The van der Waals surface area contributed by atoms with Crippen LogP contribution in [0.3, 0.4) is 0 Å². The fraction of sp³-hybridized carbons (Fsp3) is 0.423. The number of benzene rings is 2. The summed E-state index contributed by atoms with van der Waals surface area (Å²) in [6.45, 7) is 4.52. The Morgan fingerprint density at radius 2 is 1.94 bits per heavy atom. The topological polar surface area (TPSA) is 39.5 Å². The van der Waals surface area contributed by atoms with Gasteiger partial charge in [-0.05, 0) is 37.0 Å². The number of hydrogen-bond donors (Lipinski definition) is 0. The first-order valence-electron chi connectivity index (χ1n) is 11.4. The van der Waals surface area contributed by atoms with Crippen LogP contribution in [0.25, 0.3) is 11.3 Å². The number of fused-ring (bicyclic) bond motifs is 1. The molecule has 0 N–H and O–H groups in total. The van der Waals surface area contributed by atoms with Crippen LogP contribution in [0.15, 0.2) is 54.6 Å². The van der Waals surface area contributed by atoms with Gasteiger partial charge >= 0.3 is 0 Å². The van der Waals surface area contributed by atoms with Gasteiger partial charge in [-0.15, -0.1) is 0 Å². The zero-order valence-corrected chi connectivity index (χ0v) is 18.3. The maximum atomic E-state index is 6.00. The van der Waals surface area contributed by atoms with Crippen LogP contribution in [0, 0.1) is 0 Å². The summed E-state index contributed by atoms with van der Waals surface area (Å²) in [7, 11) is 2.07. The van der Waals surface area contributed by atoms with Crippen molar-refractivity contribution in [2.45, 2.75) is 38.3 Å². The Hall–Kier alpha value is -2.63. The van der Waals surface area contributed by atoms with Crippen LogP contribution < -0.4 is 4.74 Å². The molecule has 2 aromatic carbocycles. The average molecular weight is 418 g/mol. The minimum absolute atomic E-state index is 0.250. The molecular formula is C26H31N3O2. The quantitative estimate of drug-likeness (QED) is 0.601. The number of hydrogen-bond acceptors (Lipinski definition) is 4. The van der Waals surface area contributed by atoms with E-state index in [-0.39, 0.29) is 6.10 Å². The molecule has 5 rings (SSSR count). The van der Waals surface area contributed by atoms with Crippen molar-refractivity contribution < 1.29 is 9.47 Å². The Morgan fingerprint density at radius 3 is 2.77 bits per heavy atom. The van der Waals surface area contributed by atoms with Crippen LogP contribution >= 0.6 is 0 Å². The van der Waals surface area contributed by atoms with Crippen molar-refractivity contribution in [1.82, 2.24) is 14.7 Å². The van der Waals surface area contributed by atoms with Gasteiger partial charge in [0, 0.05) is 50.8 Å². The van der Waals surface area contributed by atoms with E-state index >= 15 is 0 Å². The largest absolute Gasteiger partial charge is 0.491 e. The van der Waals surface area contributed by atoms with Crippen molar-refractivity contribution in [1.29, 1.82) is 0 Å². The number of nitrogens with zero attached hydrogens (tertiary/aromatic N) is 3. The Labute approximate surface area is 184 Å². The maximum absolute atomic E-state index is 6.00. The second-order valence-corrected chi connectivity index (χ2v) is 8.63. The number of rotatable bonds is 6. The van der Waals surface area contributed by atoms with Gasteiger partial charge in [-0.25, -0.2) is 0 Å². The van der Waals surface area contributed by atoms with E-state index in [2.05, 4.69) is 65.2 Å². The predicted molar refractivity (Wildman–Crippen MR) is 122 cm³/mol. The van der Waals surface area contributed by atoms with Gasteiger partial charge in [0.2, 0.25) is 0 Å². The molecule has 3 aromatic rings. The van der Waals surface area contributed by atoms with Gasteiger partial charge in [-0.2, -0.15) is 5.10 Å². The van der Waals surface area contributed by atoms with E-state index < -0.39 is 0 Å². The summed E-state index contributed by atoms with van der Waals surface area (Å²) in [5.41, 5.74) is 6.47. The van der Waals surface area contributed by atoms with Crippen molar-refractivity contribution in [3.05, 3.63) is 71.4 Å². The van der Waals surface area contributed by atoms with Crippen molar-refractivity contribution in [3.8, 4) is 17.0 Å². The fourth-order valence-corrected chi connectivity index (χ4v) is 4.80. The molecule has 1 unspecified atom stereocenters. The lowest BCUT2D eigenvalue weighted by molar-refractivity contribution is 0.0679. The van der Waals surface area contributed by atoms with Gasteiger partial charge < -0.3 is 9.47 Å². The Kier molecular flexibility index (Phi) is 6.05. The molecule has 2 aliphatic heterocycles. The SMILES string of the molecule is Cn1nc2c(c1-c1ccccc1)CCN(Cc1cccc(OCC3CCCO3)c1)CC2. The number of aryl methyl sites for hydroxylation is 1. The minimum atomic E-state index is 0.250. The molecular weight excluding hydrogens is 386 g/mol. The number of ether oxygens (including phenoxy) is 2. The second kappa shape index (κ2) is 9.25. The van der Waals surface area contributed by atoms with E-state index in [4.69, 9.17) is 14.6 Å². The van der Waals surface area contributed by atoms with Crippen LogP contribution in [0.2, 0.25) is 0 Å². The van der Waals surface area contributed by atoms with Crippen molar-refractivity contribution >= 4 is 0 Å². The standard InChI is InChI=1S/C26H31N3O2/c1-28-26(21-8-3-2-4-9-21)24-12-14-29(15-13-25(24)27-28)18-20-7-5-10-22(17-20)31-19-23-11-6-16-30-23/h2-5,7-10,17,23H,6,11-16,18-19H2,1H3. The summed E-state index contributed by atoms with van der Waals surface area (Å²) in [4.78, 5) is 2.54. The molecule has 1 saturated heterocycles. The van der Waals surface area contributed by atoms with Gasteiger partial charge in [0.1, 0.15) is 12.4 Å². The molecule has 3 heterocycles. The third kappa shape index (κ3) is 4.68. The summed E-state index contributed by atoms with van der Waals surface area (Å²) in [6.07, 6.45) is 4.52. The lowest BCUT2D eigenvalue weighted by Crippen LogP contribution is -2.26. The first-order chi connectivity index (χ1) is 15.3. The molecule has 0 aliphatic carbocycles. The molecule has 162 valence electrons. The van der Waals surface area contributed by atoms with Crippen molar-refractivity contribution in [2.24, 2.45) is 7.05 Å². The second-order valence-electron chi connectivity index (χ2n) is 8.63. The lowest BCUT2D eigenvalue weighted by Gasteiger charge is -2.20. The molecule has 5 nitrogen and oxygen atoms in total. The Morgan fingerprint density at radius 1 is 1.06 bits per heavy atom. The van der Waals surface area contributed by atoms with Crippen LogP contribution in [-0.2, 0) is 31.2 Å². The van der Waals surface area contributed by atoms with Gasteiger partial charge in [0.25, 0.3) is 0 Å².